The zero-order valence-electron chi connectivity index (χ0n) is 17.6. The van der Waals surface area contributed by atoms with E-state index in [0.29, 0.717) is 35.8 Å². The second-order valence-electron chi connectivity index (χ2n) is 7.40. The van der Waals surface area contributed by atoms with Crippen molar-refractivity contribution >= 4 is 50.4 Å². The largest absolute Gasteiger partial charge is 0.513 e. The van der Waals surface area contributed by atoms with Crippen LogP contribution < -0.4 is 15.6 Å². The number of H-pyrrole nitrogens is 2. The molecule has 0 amide bonds. The molecule has 0 spiro atoms. The minimum absolute atomic E-state index is 0. The van der Waals surface area contributed by atoms with E-state index in [1.54, 1.807) is 6.07 Å². The number of sulfonamides is 1. The molecule has 4 rings (SSSR count). The smallest absolute Gasteiger partial charge is 0.434 e. The van der Waals surface area contributed by atoms with E-state index in [0.717, 1.165) is 6.42 Å². The molecule has 10 nitrogen and oxygen atoms in total. The van der Waals surface area contributed by atoms with Gasteiger partial charge in [-0.2, -0.15) is 4.31 Å². The Hall–Kier alpha value is -2.60. The minimum Gasteiger partial charge on any atom is -0.434 e. The van der Waals surface area contributed by atoms with Crippen molar-refractivity contribution in [3.05, 3.63) is 34.7 Å². The predicted octanol–water partition coefficient (Wildman–Crippen LogP) is 2.34. The lowest BCUT2D eigenvalue weighted by molar-refractivity contribution is 0.0997. The van der Waals surface area contributed by atoms with E-state index in [-0.39, 0.29) is 41.2 Å². The average molecular weight is 485 g/mol. The highest BCUT2D eigenvalue weighted by Crippen LogP contribution is 2.32. The molecule has 0 radical (unpaired) electrons. The van der Waals surface area contributed by atoms with Crippen molar-refractivity contribution in [2.45, 2.75) is 30.7 Å². The summed E-state index contributed by atoms with van der Waals surface area (Å²) in [5.41, 5.74) is 0.195. The Balaban J connectivity index is 0.00000289. The number of nitrogens with zero attached hydrogens (tertiary/aromatic N) is 1. The van der Waals surface area contributed by atoms with Crippen LogP contribution in [0.5, 0.6) is 5.75 Å². The van der Waals surface area contributed by atoms with Crippen molar-refractivity contribution < 1.29 is 22.7 Å². The second-order valence-corrected chi connectivity index (χ2v) is 9.34. The number of ether oxygens (including phenoxy) is 2. The van der Waals surface area contributed by atoms with Gasteiger partial charge in [-0.3, -0.25) is 4.79 Å². The van der Waals surface area contributed by atoms with Gasteiger partial charge in [0, 0.05) is 36.2 Å². The molecule has 0 bridgehead atoms. The summed E-state index contributed by atoms with van der Waals surface area (Å²) in [5, 5.41) is 3.87. The lowest BCUT2D eigenvalue weighted by Crippen LogP contribution is -2.33. The van der Waals surface area contributed by atoms with Gasteiger partial charge < -0.3 is 24.8 Å². The summed E-state index contributed by atoms with van der Waals surface area (Å²) in [6, 6.07) is 4.61. The maximum Gasteiger partial charge on any atom is 0.513 e. The maximum absolute atomic E-state index is 13.2. The van der Waals surface area contributed by atoms with Crippen LogP contribution in [0.4, 0.5) is 4.79 Å². The highest BCUT2D eigenvalue weighted by atomic mass is 35.5. The topological polar surface area (TPSA) is 134 Å². The van der Waals surface area contributed by atoms with E-state index in [9.17, 15) is 18.0 Å². The van der Waals surface area contributed by atoms with Crippen LogP contribution in [0.25, 0.3) is 21.8 Å². The number of rotatable bonds is 6. The number of carbonyl (C=O) groups excluding carboxylic acids is 1. The third kappa shape index (κ3) is 4.33. The fraction of sp³-hybridized carbons (Fsp3) is 0.400. The van der Waals surface area contributed by atoms with E-state index < -0.39 is 21.7 Å². The van der Waals surface area contributed by atoms with Gasteiger partial charge in [0.25, 0.3) is 5.56 Å². The lowest BCUT2D eigenvalue weighted by atomic mass is 10.1. The molecule has 1 aliphatic heterocycles. The van der Waals surface area contributed by atoms with Crippen LogP contribution in [0, 0.1) is 0 Å². The number of pyridine rings is 1. The number of hydrogen-bond donors (Lipinski definition) is 3. The van der Waals surface area contributed by atoms with Crippen LogP contribution in [0.2, 0.25) is 0 Å². The fourth-order valence-electron chi connectivity index (χ4n) is 3.75. The zero-order valence-corrected chi connectivity index (χ0v) is 19.3. The van der Waals surface area contributed by atoms with Crippen molar-refractivity contribution in [3.8, 4) is 5.75 Å². The number of benzene rings is 1. The molecule has 174 valence electrons. The normalized spacial score (nSPS) is 16.9. The van der Waals surface area contributed by atoms with Crippen LogP contribution in [-0.4, -0.2) is 61.6 Å². The Bertz CT molecular complexity index is 1300. The predicted molar refractivity (Wildman–Crippen MR) is 122 cm³/mol. The first-order valence-corrected chi connectivity index (χ1v) is 11.5. The number of aromatic amines is 2. The lowest BCUT2D eigenvalue weighted by Gasteiger charge is -2.17. The first-order chi connectivity index (χ1) is 14.8. The molecule has 1 unspecified atom stereocenters. The van der Waals surface area contributed by atoms with Gasteiger partial charge in [0.2, 0.25) is 10.0 Å². The Morgan fingerprint density at radius 2 is 2.12 bits per heavy atom. The third-order valence-corrected chi connectivity index (χ3v) is 7.26. The molecule has 3 N–H and O–H groups in total. The van der Waals surface area contributed by atoms with E-state index in [1.165, 1.54) is 22.6 Å². The summed E-state index contributed by atoms with van der Waals surface area (Å²) in [4.78, 5) is 30.0. The van der Waals surface area contributed by atoms with Crippen LogP contribution in [0.3, 0.4) is 0 Å². The molecule has 0 aliphatic carbocycles. The molecular weight excluding hydrogens is 460 g/mol. The standard InChI is InChI=1S/C20H24N4O6S.ClH/c1-3-8-29-20(26)30-16-10-22-18-17(16)14-9-13(4-5-15(14)23-19(18)25)31(27,28)24-7-6-12(11-24)21-2;/h4-5,9-10,12,21-22H,3,6-8,11H2,1-2H3,(H,23,25);1H. The number of likely N-dealkylation sites (N-methyl/N-ethyl adjacent to an activating group) is 1. The summed E-state index contributed by atoms with van der Waals surface area (Å²) < 4.78 is 38.0. The molecule has 3 aromatic rings. The van der Waals surface area contributed by atoms with Gasteiger partial charge in [-0.15, -0.1) is 12.4 Å². The molecule has 1 atom stereocenters. The van der Waals surface area contributed by atoms with Crippen LogP contribution in [-0.2, 0) is 14.8 Å². The first-order valence-electron chi connectivity index (χ1n) is 10.0. The zero-order chi connectivity index (χ0) is 22.2. The summed E-state index contributed by atoms with van der Waals surface area (Å²) >= 11 is 0. The van der Waals surface area contributed by atoms with E-state index >= 15 is 0 Å². The van der Waals surface area contributed by atoms with Crippen molar-refractivity contribution in [2.75, 3.05) is 26.7 Å². The Morgan fingerprint density at radius 1 is 1.34 bits per heavy atom. The molecule has 1 aliphatic rings. The Morgan fingerprint density at radius 3 is 2.81 bits per heavy atom. The molecule has 12 heteroatoms. The fourth-order valence-corrected chi connectivity index (χ4v) is 5.28. The number of carbonyl (C=O) groups is 1. The van der Waals surface area contributed by atoms with Gasteiger partial charge >= 0.3 is 6.16 Å². The van der Waals surface area contributed by atoms with Gasteiger partial charge in [-0.05, 0) is 38.1 Å². The number of halogens is 1. The van der Waals surface area contributed by atoms with Crippen LogP contribution in [0.15, 0.2) is 34.1 Å². The van der Waals surface area contributed by atoms with Crippen molar-refractivity contribution in [3.63, 3.8) is 0 Å². The van der Waals surface area contributed by atoms with Gasteiger partial charge in [0.1, 0.15) is 5.52 Å². The van der Waals surface area contributed by atoms with E-state index in [4.69, 9.17) is 9.47 Å². The molecule has 1 fully saturated rings. The Labute approximate surface area is 190 Å². The Kier molecular flexibility index (Phi) is 7.13. The molecule has 3 heterocycles. The minimum atomic E-state index is -3.72. The summed E-state index contributed by atoms with van der Waals surface area (Å²) in [7, 11) is -1.92. The van der Waals surface area contributed by atoms with Crippen molar-refractivity contribution in [2.24, 2.45) is 0 Å². The second kappa shape index (κ2) is 9.49. The first kappa shape index (κ1) is 24.1. The van der Waals surface area contributed by atoms with Crippen molar-refractivity contribution in [1.29, 1.82) is 0 Å². The quantitative estimate of drug-likeness (QED) is 0.457. The van der Waals surface area contributed by atoms with Crippen molar-refractivity contribution in [1.82, 2.24) is 19.6 Å². The number of hydrogen-bond acceptors (Lipinski definition) is 7. The van der Waals surface area contributed by atoms with Crippen LogP contribution >= 0.6 is 12.4 Å². The molecule has 2 aromatic heterocycles. The van der Waals surface area contributed by atoms with Crippen LogP contribution in [0.1, 0.15) is 19.8 Å². The molecule has 32 heavy (non-hydrogen) atoms. The average Bonchev–Trinajstić information content (AvgIpc) is 3.40. The molecule has 0 saturated carbocycles. The van der Waals surface area contributed by atoms with Gasteiger partial charge in [0.15, 0.2) is 5.75 Å². The third-order valence-electron chi connectivity index (χ3n) is 5.39. The molecule has 1 aromatic carbocycles. The molecular formula is C20H25ClN4O6S. The number of aromatic nitrogens is 2. The summed E-state index contributed by atoms with van der Waals surface area (Å²) in [6.07, 6.45) is 1.86. The maximum atomic E-state index is 13.2. The van der Waals surface area contributed by atoms with Gasteiger partial charge in [-0.25, -0.2) is 13.2 Å². The van der Waals surface area contributed by atoms with Gasteiger partial charge in [0.05, 0.1) is 16.9 Å². The number of nitrogens with one attached hydrogen (secondary N) is 3. The van der Waals surface area contributed by atoms with E-state index in [2.05, 4.69) is 15.3 Å². The van der Waals surface area contributed by atoms with E-state index in [1.807, 2.05) is 14.0 Å². The highest BCUT2D eigenvalue weighted by Gasteiger charge is 2.32. The van der Waals surface area contributed by atoms with Gasteiger partial charge in [-0.1, -0.05) is 6.92 Å². The molecule has 1 saturated heterocycles. The highest BCUT2D eigenvalue weighted by molar-refractivity contribution is 7.89. The number of fused-ring (bicyclic) bond motifs is 3. The summed E-state index contributed by atoms with van der Waals surface area (Å²) in [5.74, 6) is 0.0955. The monoisotopic (exact) mass is 484 g/mol. The summed E-state index contributed by atoms with van der Waals surface area (Å²) in [6.45, 7) is 2.87. The SMILES string of the molecule is CCCOC(=O)Oc1c[nH]c2c(=O)[nH]c3ccc(S(=O)(=O)N4CCC(NC)C4)cc3c12.Cl.